The van der Waals surface area contributed by atoms with E-state index in [2.05, 4.69) is 5.92 Å². The van der Waals surface area contributed by atoms with E-state index < -0.39 is 18.0 Å². The maximum Gasteiger partial charge on any atom is 0.339 e. The molecule has 0 amide bonds. The normalized spacial score (nSPS) is 12.1. The SMILES string of the molecule is C#Cc1c(-c2cc(C(=O)OC(C)c3c(-c4cc(C(=O)O)c5c(C)ccc(C)c5n4)oc4ccccc34)c3c(C)ccc(C)c3n2)oc2ccccc12. The van der Waals surface area contributed by atoms with Crippen LogP contribution >= 0.6 is 0 Å². The van der Waals surface area contributed by atoms with Crippen LogP contribution < -0.4 is 0 Å². The van der Waals surface area contributed by atoms with Gasteiger partial charge in [0, 0.05) is 27.1 Å². The minimum atomic E-state index is -1.08. The number of carbonyl (C=O) groups excluding carboxylic acids is 1. The lowest BCUT2D eigenvalue weighted by molar-refractivity contribution is 0.0343. The van der Waals surface area contributed by atoms with Gasteiger partial charge in [0.1, 0.15) is 28.7 Å². The largest absolute Gasteiger partial charge is 0.478 e. The van der Waals surface area contributed by atoms with E-state index in [1.165, 1.54) is 6.07 Å². The summed E-state index contributed by atoms with van der Waals surface area (Å²) in [5, 5.41) is 13.0. The van der Waals surface area contributed by atoms with Gasteiger partial charge >= 0.3 is 11.9 Å². The van der Waals surface area contributed by atoms with Crippen LogP contribution in [-0.2, 0) is 4.74 Å². The number of furan rings is 2. The van der Waals surface area contributed by atoms with Crippen molar-refractivity contribution in [2.75, 3.05) is 0 Å². The number of carbonyl (C=O) groups is 2. The highest BCUT2D eigenvalue weighted by atomic mass is 16.5. The Morgan fingerprint density at radius 1 is 0.712 bits per heavy atom. The number of carboxylic acid groups (broad SMARTS) is 1. The fourth-order valence-corrected chi connectivity index (χ4v) is 7.16. The fourth-order valence-electron chi connectivity index (χ4n) is 7.16. The van der Waals surface area contributed by atoms with E-state index in [-0.39, 0.29) is 5.56 Å². The molecule has 8 aromatic rings. The highest BCUT2D eigenvalue weighted by Gasteiger charge is 2.29. The molecule has 0 aliphatic heterocycles. The Balaban J connectivity index is 1.29. The molecule has 52 heavy (non-hydrogen) atoms. The molecule has 8 heteroatoms. The number of pyridine rings is 2. The van der Waals surface area contributed by atoms with Crippen molar-refractivity contribution in [1.29, 1.82) is 0 Å². The van der Waals surface area contributed by atoms with Crippen LogP contribution in [0.1, 0.15) is 67.1 Å². The quantitative estimate of drug-likeness (QED) is 0.136. The summed E-state index contributed by atoms with van der Waals surface area (Å²) in [5.41, 5.74) is 7.94. The molecule has 1 unspecified atom stereocenters. The molecule has 1 N–H and O–H groups in total. The third-order valence-electron chi connectivity index (χ3n) is 9.72. The number of aromatic nitrogens is 2. The van der Waals surface area contributed by atoms with Gasteiger partial charge in [-0.2, -0.15) is 0 Å². The first kappa shape index (κ1) is 32.5. The van der Waals surface area contributed by atoms with Crippen molar-refractivity contribution in [3.63, 3.8) is 0 Å². The Kier molecular flexibility index (Phi) is 7.65. The van der Waals surface area contributed by atoms with Crippen LogP contribution in [0.2, 0.25) is 0 Å². The zero-order valence-electron chi connectivity index (χ0n) is 29.1. The van der Waals surface area contributed by atoms with E-state index in [1.807, 2.05) is 100 Å². The number of aryl methyl sites for hydroxylation is 4. The zero-order valence-corrected chi connectivity index (χ0v) is 29.1. The maximum atomic E-state index is 14.5. The van der Waals surface area contributed by atoms with Gasteiger partial charge in [0.05, 0.1) is 27.7 Å². The molecule has 0 aliphatic carbocycles. The van der Waals surface area contributed by atoms with Gasteiger partial charge in [-0.3, -0.25) is 0 Å². The summed E-state index contributed by atoms with van der Waals surface area (Å²) in [6.07, 6.45) is 5.14. The van der Waals surface area contributed by atoms with Gasteiger partial charge in [-0.05, 0) is 87.2 Å². The number of fused-ring (bicyclic) bond motifs is 4. The number of rotatable bonds is 6. The second kappa shape index (κ2) is 12.3. The standard InChI is InChI=1S/C44H32N2O6/c1-7-27-28-12-8-10-14-34(28)51-41(27)32-21-31(37-23(3)17-19-25(5)40(37)45-32)44(49)50-26(6)38-29-13-9-11-15-35(29)52-42(38)33-20-30(43(47)48)36-22(2)16-18-24(4)39(36)46-33/h1,8-21,26H,2-6H3,(H,47,48). The lowest BCUT2D eigenvalue weighted by Gasteiger charge is -2.17. The van der Waals surface area contributed by atoms with Crippen LogP contribution in [-0.4, -0.2) is 27.0 Å². The molecule has 0 radical (unpaired) electrons. The van der Waals surface area contributed by atoms with E-state index in [0.717, 1.165) is 27.6 Å². The molecule has 254 valence electrons. The minimum Gasteiger partial charge on any atom is -0.478 e. The first-order chi connectivity index (χ1) is 25.0. The number of benzene rings is 4. The van der Waals surface area contributed by atoms with Gasteiger partial charge in [-0.25, -0.2) is 19.6 Å². The van der Waals surface area contributed by atoms with Gasteiger partial charge in [-0.15, -0.1) is 6.42 Å². The molecule has 8 rings (SSSR count). The molecule has 4 aromatic heterocycles. The number of nitrogens with zero attached hydrogens (tertiary/aromatic N) is 2. The predicted octanol–water partition coefficient (Wildman–Crippen LogP) is 10.4. The van der Waals surface area contributed by atoms with E-state index in [4.69, 9.17) is 30.0 Å². The van der Waals surface area contributed by atoms with Crippen molar-refractivity contribution in [3.8, 4) is 35.3 Å². The van der Waals surface area contributed by atoms with Gasteiger partial charge < -0.3 is 18.7 Å². The Bertz CT molecular complexity index is 2850. The molecule has 1 atom stereocenters. The summed E-state index contributed by atoms with van der Waals surface area (Å²) < 4.78 is 19.0. The monoisotopic (exact) mass is 684 g/mol. The molecule has 8 nitrogen and oxygen atoms in total. The molecule has 4 heterocycles. The summed E-state index contributed by atoms with van der Waals surface area (Å²) in [6.45, 7) is 9.39. The van der Waals surface area contributed by atoms with E-state index in [9.17, 15) is 14.7 Å². The number of ether oxygens (including phenoxy) is 1. The van der Waals surface area contributed by atoms with Gasteiger partial charge in [0.15, 0.2) is 11.5 Å². The number of aromatic carboxylic acids is 1. The minimum absolute atomic E-state index is 0.107. The van der Waals surface area contributed by atoms with Crippen LogP contribution in [0.25, 0.3) is 66.7 Å². The van der Waals surface area contributed by atoms with E-state index in [1.54, 1.807) is 13.0 Å². The number of carboxylic acids is 1. The molecular formula is C44H32N2O6. The van der Waals surface area contributed by atoms with Gasteiger partial charge in [0.25, 0.3) is 0 Å². The summed E-state index contributed by atoms with van der Waals surface area (Å²) in [4.78, 5) is 37.0. The van der Waals surface area contributed by atoms with Gasteiger partial charge in [0.2, 0.25) is 0 Å². The van der Waals surface area contributed by atoms with Crippen LogP contribution in [0.4, 0.5) is 0 Å². The number of esters is 1. The van der Waals surface area contributed by atoms with Crippen molar-refractivity contribution in [1.82, 2.24) is 9.97 Å². The highest BCUT2D eigenvalue weighted by molar-refractivity contribution is 6.08. The summed E-state index contributed by atoms with van der Waals surface area (Å²) in [6, 6.07) is 25.8. The average molecular weight is 685 g/mol. The second-order valence-electron chi connectivity index (χ2n) is 13.1. The van der Waals surface area contributed by atoms with Crippen LogP contribution in [0.5, 0.6) is 0 Å². The Morgan fingerprint density at radius 2 is 1.21 bits per heavy atom. The first-order valence-electron chi connectivity index (χ1n) is 16.8. The van der Waals surface area contributed by atoms with Crippen molar-refractivity contribution in [3.05, 3.63) is 129 Å². The maximum absolute atomic E-state index is 14.5. The number of hydrogen-bond acceptors (Lipinski definition) is 7. The summed E-state index contributed by atoms with van der Waals surface area (Å²) in [7, 11) is 0. The Labute approximate surface area is 298 Å². The highest BCUT2D eigenvalue weighted by Crippen LogP contribution is 2.41. The average Bonchev–Trinajstić information content (AvgIpc) is 3.73. The lowest BCUT2D eigenvalue weighted by Crippen LogP contribution is -2.12. The van der Waals surface area contributed by atoms with Crippen LogP contribution in [0, 0.1) is 40.0 Å². The molecule has 0 bridgehead atoms. The number of hydrogen-bond donors (Lipinski definition) is 1. The Hall–Kier alpha value is -6.72. The van der Waals surface area contributed by atoms with Crippen molar-refractivity contribution in [2.45, 2.75) is 40.7 Å². The van der Waals surface area contributed by atoms with Crippen molar-refractivity contribution in [2.24, 2.45) is 0 Å². The van der Waals surface area contributed by atoms with Crippen molar-refractivity contribution >= 4 is 55.7 Å². The molecule has 0 aliphatic rings. The third kappa shape index (κ3) is 5.09. The third-order valence-corrected chi connectivity index (χ3v) is 9.72. The molecular weight excluding hydrogens is 652 g/mol. The molecule has 0 saturated heterocycles. The molecule has 4 aromatic carbocycles. The van der Waals surface area contributed by atoms with E-state index >= 15 is 0 Å². The Morgan fingerprint density at radius 3 is 1.83 bits per heavy atom. The van der Waals surface area contributed by atoms with Crippen LogP contribution in [0.15, 0.2) is 93.8 Å². The second-order valence-corrected chi connectivity index (χ2v) is 13.1. The zero-order chi connectivity index (χ0) is 36.4. The van der Waals surface area contributed by atoms with E-state index in [0.29, 0.717) is 78.0 Å². The topological polar surface area (TPSA) is 116 Å². The fraction of sp³-hybridized carbons (Fsp3) is 0.136. The first-order valence-corrected chi connectivity index (χ1v) is 16.8. The number of para-hydroxylation sites is 2. The molecule has 0 spiro atoms. The summed E-state index contributed by atoms with van der Waals surface area (Å²) >= 11 is 0. The molecule has 0 saturated carbocycles. The summed E-state index contributed by atoms with van der Waals surface area (Å²) in [5.74, 6) is 1.79. The van der Waals surface area contributed by atoms with Crippen molar-refractivity contribution < 1.29 is 28.3 Å². The molecule has 0 fully saturated rings. The lowest BCUT2D eigenvalue weighted by atomic mass is 9.97. The van der Waals surface area contributed by atoms with Gasteiger partial charge in [-0.1, -0.05) is 60.5 Å². The smallest absolute Gasteiger partial charge is 0.339 e. The van der Waals surface area contributed by atoms with Crippen LogP contribution in [0.3, 0.4) is 0 Å². The predicted molar refractivity (Wildman–Crippen MR) is 202 cm³/mol. The number of terminal acetylenes is 1.